The summed E-state index contributed by atoms with van der Waals surface area (Å²) in [6.07, 6.45) is 3.10. The number of thioether (sulfide) groups is 1. The van der Waals surface area contributed by atoms with Gasteiger partial charge in [-0.25, -0.2) is 9.97 Å². The fourth-order valence-electron chi connectivity index (χ4n) is 1.41. The summed E-state index contributed by atoms with van der Waals surface area (Å²) in [6.45, 7) is 0.632. The molecule has 0 aliphatic rings. The minimum absolute atomic E-state index is 0.0449. The molecule has 0 aliphatic heterocycles. The van der Waals surface area contributed by atoms with Crippen LogP contribution < -0.4 is 5.73 Å². The zero-order chi connectivity index (χ0) is 13.7. The number of nitrogens with two attached hydrogens (primary N) is 1. The van der Waals surface area contributed by atoms with Gasteiger partial charge in [-0.05, 0) is 11.4 Å². The first-order valence-electron chi connectivity index (χ1n) is 5.62. The Morgan fingerprint density at radius 3 is 2.95 bits per heavy atom. The summed E-state index contributed by atoms with van der Waals surface area (Å²) >= 11 is 2.95. The second-order valence-electron chi connectivity index (χ2n) is 3.86. The Hall–Kier alpha value is -1.60. The van der Waals surface area contributed by atoms with Gasteiger partial charge in [0.15, 0.2) is 5.82 Å². The number of amides is 1. The Kier molecular flexibility index (Phi) is 4.75. The van der Waals surface area contributed by atoms with E-state index < -0.39 is 0 Å². The van der Waals surface area contributed by atoms with Gasteiger partial charge in [-0.2, -0.15) is 0 Å². The lowest BCUT2D eigenvalue weighted by Gasteiger charge is -2.15. The van der Waals surface area contributed by atoms with Crippen LogP contribution >= 0.6 is 23.1 Å². The van der Waals surface area contributed by atoms with Gasteiger partial charge in [0.05, 0.1) is 12.3 Å². The molecule has 0 bridgehead atoms. The number of hydrogen-bond acceptors (Lipinski definition) is 6. The third kappa shape index (κ3) is 3.93. The maximum Gasteiger partial charge on any atom is 0.233 e. The largest absolute Gasteiger partial charge is 0.381 e. The topological polar surface area (TPSA) is 72.1 Å². The lowest BCUT2D eigenvalue weighted by molar-refractivity contribution is -0.127. The van der Waals surface area contributed by atoms with Gasteiger partial charge in [0.1, 0.15) is 5.03 Å². The van der Waals surface area contributed by atoms with Gasteiger partial charge in [0.2, 0.25) is 5.91 Å². The third-order valence-electron chi connectivity index (χ3n) is 2.42. The quantitative estimate of drug-likeness (QED) is 0.852. The Morgan fingerprint density at radius 2 is 2.26 bits per heavy atom. The Morgan fingerprint density at radius 1 is 1.47 bits per heavy atom. The van der Waals surface area contributed by atoms with Crippen LogP contribution in [-0.2, 0) is 11.3 Å². The Labute approximate surface area is 119 Å². The highest BCUT2D eigenvalue weighted by Gasteiger charge is 2.12. The summed E-state index contributed by atoms with van der Waals surface area (Å²) in [5.41, 5.74) is 5.67. The average molecular weight is 294 g/mol. The van der Waals surface area contributed by atoms with Crippen molar-refractivity contribution in [3.63, 3.8) is 0 Å². The summed E-state index contributed by atoms with van der Waals surface area (Å²) < 4.78 is 0. The second-order valence-corrected chi connectivity index (χ2v) is 5.86. The molecule has 2 heterocycles. The molecule has 0 aromatic carbocycles. The zero-order valence-electron chi connectivity index (χ0n) is 10.4. The summed E-state index contributed by atoms with van der Waals surface area (Å²) in [7, 11) is 1.79. The van der Waals surface area contributed by atoms with Gasteiger partial charge in [-0.15, -0.1) is 11.3 Å². The highest BCUT2D eigenvalue weighted by atomic mass is 32.2. The Balaban J connectivity index is 1.86. The molecule has 0 saturated heterocycles. The Bertz CT molecular complexity index is 544. The summed E-state index contributed by atoms with van der Waals surface area (Å²) in [6, 6.07) is 4.00. The number of carbonyl (C=O) groups is 1. The zero-order valence-corrected chi connectivity index (χ0v) is 12.1. The van der Waals surface area contributed by atoms with E-state index in [-0.39, 0.29) is 5.91 Å². The SMILES string of the molecule is CN(Cc1cccs1)C(=O)CSc1nccnc1N. The van der Waals surface area contributed by atoms with Crippen molar-refractivity contribution >= 4 is 34.8 Å². The fourth-order valence-corrected chi connectivity index (χ4v) is 2.99. The first-order chi connectivity index (χ1) is 9.16. The first kappa shape index (κ1) is 13.8. The molecule has 19 heavy (non-hydrogen) atoms. The smallest absolute Gasteiger partial charge is 0.233 e. The lowest BCUT2D eigenvalue weighted by Crippen LogP contribution is -2.27. The number of thiophene rings is 1. The molecular weight excluding hydrogens is 280 g/mol. The van der Waals surface area contributed by atoms with Crippen LogP contribution in [0.2, 0.25) is 0 Å². The second kappa shape index (κ2) is 6.53. The van der Waals surface area contributed by atoms with Crippen LogP contribution in [-0.4, -0.2) is 33.6 Å². The van der Waals surface area contributed by atoms with Crippen molar-refractivity contribution in [1.29, 1.82) is 0 Å². The molecule has 0 spiro atoms. The lowest BCUT2D eigenvalue weighted by atomic mass is 10.4. The van der Waals surface area contributed by atoms with Gasteiger partial charge in [-0.1, -0.05) is 17.8 Å². The molecule has 0 unspecified atom stereocenters. The minimum Gasteiger partial charge on any atom is -0.381 e. The van der Waals surface area contributed by atoms with Crippen molar-refractivity contribution in [1.82, 2.24) is 14.9 Å². The normalized spacial score (nSPS) is 10.4. The number of nitrogens with zero attached hydrogens (tertiary/aromatic N) is 3. The third-order valence-corrected chi connectivity index (χ3v) is 4.26. The van der Waals surface area contributed by atoms with Gasteiger partial charge in [0.25, 0.3) is 0 Å². The maximum atomic E-state index is 12.0. The van der Waals surface area contributed by atoms with E-state index in [1.165, 1.54) is 22.8 Å². The molecule has 7 heteroatoms. The molecule has 0 aliphatic carbocycles. The first-order valence-corrected chi connectivity index (χ1v) is 7.49. The molecule has 2 N–H and O–H groups in total. The predicted octanol–water partition coefficient (Wildman–Crippen LogP) is 1.87. The number of anilines is 1. The van der Waals surface area contributed by atoms with E-state index in [1.807, 2.05) is 17.5 Å². The molecule has 0 saturated carbocycles. The van der Waals surface area contributed by atoms with E-state index in [4.69, 9.17) is 5.73 Å². The molecule has 5 nitrogen and oxygen atoms in total. The van der Waals surface area contributed by atoms with Crippen molar-refractivity contribution in [2.24, 2.45) is 0 Å². The molecule has 2 rings (SSSR count). The monoisotopic (exact) mass is 294 g/mol. The van der Waals surface area contributed by atoms with Gasteiger partial charge in [0, 0.05) is 24.3 Å². The van der Waals surface area contributed by atoms with E-state index in [9.17, 15) is 4.79 Å². The number of carbonyl (C=O) groups excluding carboxylic acids is 1. The van der Waals surface area contributed by atoms with Gasteiger partial charge in [-0.3, -0.25) is 4.79 Å². The highest BCUT2D eigenvalue weighted by Crippen LogP contribution is 2.20. The van der Waals surface area contributed by atoms with Crippen molar-refractivity contribution in [2.75, 3.05) is 18.5 Å². The van der Waals surface area contributed by atoms with Gasteiger partial charge >= 0.3 is 0 Å². The van der Waals surface area contributed by atoms with Crippen LogP contribution in [0.25, 0.3) is 0 Å². The average Bonchev–Trinajstić information content (AvgIpc) is 2.90. The molecular formula is C12H14N4OS2. The van der Waals surface area contributed by atoms with E-state index in [0.29, 0.717) is 23.1 Å². The number of hydrogen-bond donors (Lipinski definition) is 1. The number of aromatic nitrogens is 2. The predicted molar refractivity (Wildman–Crippen MR) is 78.0 cm³/mol. The summed E-state index contributed by atoms with van der Waals surface area (Å²) in [5.74, 6) is 0.717. The van der Waals surface area contributed by atoms with E-state index in [0.717, 1.165) is 0 Å². The van der Waals surface area contributed by atoms with E-state index in [1.54, 1.807) is 29.5 Å². The molecule has 0 radical (unpaired) electrons. The van der Waals surface area contributed by atoms with Crippen molar-refractivity contribution in [3.05, 3.63) is 34.8 Å². The summed E-state index contributed by atoms with van der Waals surface area (Å²) in [4.78, 5) is 22.9. The van der Waals surface area contributed by atoms with E-state index in [2.05, 4.69) is 9.97 Å². The van der Waals surface area contributed by atoms with Gasteiger partial charge < -0.3 is 10.6 Å². The number of nitrogen functional groups attached to an aromatic ring is 1. The summed E-state index contributed by atoms with van der Waals surface area (Å²) in [5, 5.41) is 2.60. The molecule has 0 fully saturated rings. The van der Waals surface area contributed by atoms with Crippen LogP contribution in [0.1, 0.15) is 4.88 Å². The molecule has 2 aromatic rings. The maximum absolute atomic E-state index is 12.0. The van der Waals surface area contributed by atoms with Crippen LogP contribution in [0.15, 0.2) is 34.9 Å². The van der Waals surface area contributed by atoms with Crippen LogP contribution in [0.3, 0.4) is 0 Å². The standard InChI is InChI=1S/C12H14N4OS2/c1-16(7-9-3-2-6-18-9)10(17)8-19-12-11(13)14-4-5-15-12/h2-6H,7-8H2,1H3,(H2,13,14). The van der Waals surface area contributed by atoms with Crippen LogP contribution in [0.5, 0.6) is 0 Å². The van der Waals surface area contributed by atoms with E-state index >= 15 is 0 Å². The fraction of sp³-hybridized carbons (Fsp3) is 0.250. The van der Waals surface area contributed by atoms with Crippen molar-refractivity contribution in [2.45, 2.75) is 11.6 Å². The molecule has 0 atom stereocenters. The van der Waals surface area contributed by atoms with Crippen molar-refractivity contribution in [3.8, 4) is 0 Å². The molecule has 2 aromatic heterocycles. The van der Waals surface area contributed by atoms with Crippen LogP contribution in [0, 0.1) is 0 Å². The minimum atomic E-state index is 0.0449. The van der Waals surface area contributed by atoms with Crippen molar-refractivity contribution < 1.29 is 4.79 Å². The number of rotatable bonds is 5. The highest BCUT2D eigenvalue weighted by molar-refractivity contribution is 8.00. The molecule has 100 valence electrons. The molecule has 1 amide bonds. The van der Waals surface area contributed by atoms with Crippen LogP contribution in [0.4, 0.5) is 5.82 Å².